The lowest BCUT2D eigenvalue weighted by Gasteiger charge is -2.37. The van der Waals surface area contributed by atoms with Gasteiger partial charge in [0.15, 0.2) is 0 Å². The second-order valence-electron chi connectivity index (χ2n) is 6.66. The molecule has 1 aliphatic rings. The van der Waals surface area contributed by atoms with E-state index < -0.39 is 11.9 Å². The number of rotatable bonds is 5. The van der Waals surface area contributed by atoms with Crippen molar-refractivity contribution in [1.29, 1.82) is 0 Å². The van der Waals surface area contributed by atoms with Gasteiger partial charge >= 0.3 is 11.9 Å². The van der Waals surface area contributed by atoms with Crippen LogP contribution in [0.1, 0.15) is 17.9 Å². The third kappa shape index (κ3) is 7.60. The number of para-hydroxylation sites is 1. The minimum atomic E-state index is -1.26. The van der Waals surface area contributed by atoms with E-state index in [9.17, 15) is 9.59 Å². The Morgan fingerprint density at radius 2 is 1.62 bits per heavy atom. The second-order valence-corrected chi connectivity index (χ2v) is 7.07. The van der Waals surface area contributed by atoms with Gasteiger partial charge in [0, 0.05) is 31.2 Å². The molecule has 2 N–H and O–H groups in total. The van der Waals surface area contributed by atoms with Crippen LogP contribution in [0, 0.1) is 0 Å². The molecule has 7 heteroatoms. The van der Waals surface area contributed by atoms with Gasteiger partial charge in [0.05, 0.1) is 5.02 Å². The predicted molar refractivity (Wildman–Crippen MR) is 112 cm³/mol. The van der Waals surface area contributed by atoms with E-state index >= 15 is 0 Å². The number of benzene rings is 2. The Labute approximate surface area is 175 Å². The van der Waals surface area contributed by atoms with Gasteiger partial charge in [-0.2, -0.15) is 0 Å². The fourth-order valence-corrected chi connectivity index (χ4v) is 3.28. The van der Waals surface area contributed by atoms with E-state index in [0.717, 1.165) is 25.3 Å². The highest BCUT2D eigenvalue weighted by Crippen LogP contribution is 2.32. The number of aliphatic carboxylic acids is 2. The first-order valence-electron chi connectivity index (χ1n) is 9.15. The molecule has 0 amide bonds. The lowest BCUT2D eigenvalue weighted by molar-refractivity contribution is -0.134. The highest BCUT2D eigenvalue weighted by molar-refractivity contribution is 6.32. The van der Waals surface area contributed by atoms with Crippen LogP contribution < -0.4 is 4.74 Å². The fourth-order valence-electron chi connectivity index (χ4n) is 3.10. The van der Waals surface area contributed by atoms with Crippen LogP contribution in [0.15, 0.2) is 66.7 Å². The van der Waals surface area contributed by atoms with E-state index in [4.69, 9.17) is 26.6 Å². The van der Waals surface area contributed by atoms with Crippen molar-refractivity contribution in [2.75, 3.05) is 20.1 Å². The zero-order chi connectivity index (χ0) is 21.2. The van der Waals surface area contributed by atoms with Crippen molar-refractivity contribution in [2.24, 2.45) is 0 Å². The van der Waals surface area contributed by atoms with Crippen LogP contribution in [0.4, 0.5) is 0 Å². The van der Waals surface area contributed by atoms with E-state index in [0.29, 0.717) is 23.1 Å². The molecule has 2 unspecified atom stereocenters. The molecule has 29 heavy (non-hydrogen) atoms. The van der Waals surface area contributed by atoms with Crippen LogP contribution in [0.2, 0.25) is 5.02 Å². The van der Waals surface area contributed by atoms with E-state index in [2.05, 4.69) is 42.3 Å². The molecule has 0 aromatic heterocycles. The van der Waals surface area contributed by atoms with Crippen LogP contribution >= 0.6 is 11.6 Å². The molecule has 6 nitrogen and oxygen atoms in total. The fraction of sp³-hybridized carbons (Fsp3) is 0.273. The molecule has 0 aliphatic carbocycles. The van der Waals surface area contributed by atoms with Crippen molar-refractivity contribution in [2.45, 2.75) is 18.4 Å². The second kappa shape index (κ2) is 11.2. The number of hydrogen-bond acceptors (Lipinski definition) is 4. The van der Waals surface area contributed by atoms with E-state index in [1.54, 1.807) is 0 Å². The molecule has 1 heterocycles. The van der Waals surface area contributed by atoms with Gasteiger partial charge in [-0.1, -0.05) is 54.1 Å². The summed E-state index contributed by atoms with van der Waals surface area (Å²) < 4.78 is 6.24. The van der Waals surface area contributed by atoms with Gasteiger partial charge in [-0.3, -0.25) is 0 Å². The summed E-state index contributed by atoms with van der Waals surface area (Å²) in [6.45, 7) is 2.07. The van der Waals surface area contributed by atoms with Gasteiger partial charge in [0.2, 0.25) is 0 Å². The Hall–Kier alpha value is -2.83. The SMILES string of the molecule is CN1CCC(Oc2ccccc2Cl)C(c2ccccc2)C1.O=C(O)C=CC(=O)O. The molecule has 154 valence electrons. The van der Waals surface area contributed by atoms with Crippen molar-refractivity contribution in [3.05, 3.63) is 77.3 Å². The Kier molecular flexibility index (Phi) is 8.70. The quantitative estimate of drug-likeness (QED) is 0.717. The molecule has 2 aromatic carbocycles. The van der Waals surface area contributed by atoms with Crippen LogP contribution in [-0.4, -0.2) is 53.3 Å². The number of likely N-dealkylation sites (N-methyl/N-ethyl adjacent to an activating group) is 1. The van der Waals surface area contributed by atoms with Gasteiger partial charge in [-0.25, -0.2) is 9.59 Å². The number of ether oxygens (including phenoxy) is 1. The summed E-state index contributed by atoms with van der Waals surface area (Å²) in [4.78, 5) is 21.5. The average Bonchev–Trinajstić information content (AvgIpc) is 2.70. The molecule has 0 saturated carbocycles. The van der Waals surface area contributed by atoms with Crippen LogP contribution in [0.5, 0.6) is 5.75 Å². The third-order valence-corrected chi connectivity index (χ3v) is 4.78. The predicted octanol–water partition coefficient (Wildman–Crippen LogP) is 3.92. The number of halogens is 1. The van der Waals surface area contributed by atoms with Gasteiger partial charge < -0.3 is 19.8 Å². The minimum Gasteiger partial charge on any atom is -0.488 e. The Balaban J connectivity index is 0.000000321. The summed E-state index contributed by atoms with van der Waals surface area (Å²) in [6, 6.07) is 18.3. The lowest BCUT2D eigenvalue weighted by Crippen LogP contribution is -2.42. The number of piperidine rings is 1. The van der Waals surface area contributed by atoms with Crippen molar-refractivity contribution in [1.82, 2.24) is 4.90 Å². The molecular formula is C22H24ClNO5. The van der Waals surface area contributed by atoms with Crippen LogP contribution in [-0.2, 0) is 9.59 Å². The van der Waals surface area contributed by atoms with E-state index in [-0.39, 0.29) is 6.10 Å². The molecule has 3 rings (SSSR count). The van der Waals surface area contributed by atoms with Gasteiger partial charge in [-0.15, -0.1) is 0 Å². The molecule has 0 bridgehead atoms. The Bertz CT molecular complexity index is 824. The van der Waals surface area contributed by atoms with Crippen LogP contribution in [0.25, 0.3) is 0 Å². The zero-order valence-electron chi connectivity index (χ0n) is 16.1. The van der Waals surface area contributed by atoms with E-state index in [1.807, 2.05) is 24.3 Å². The maximum Gasteiger partial charge on any atom is 0.328 e. The molecule has 0 radical (unpaired) electrons. The maximum atomic E-state index is 9.55. The lowest BCUT2D eigenvalue weighted by atomic mass is 9.88. The first kappa shape index (κ1) is 22.5. The monoisotopic (exact) mass is 417 g/mol. The largest absolute Gasteiger partial charge is 0.488 e. The van der Waals surface area contributed by atoms with Crippen LogP contribution in [0.3, 0.4) is 0 Å². The standard InChI is InChI=1S/C18H20ClNO.C4H4O4/c1-20-12-11-17(21-18-10-6-5-9-16(18)19)15(13-20)14-7-3-2-4-8-14;5-3(6)1-2-4(7)8/h2-10,15,17H,11-13H2,1H3;1-2H,(H,5,6)(H,7,8). The van der Waals surface area contributed by atoms with Crippen molar-refractivity contribution in [3.63, 3.8) is 0 Å². The molecule has 2 aromatic rings. The Morgan fingerprint density at radius 3 is 2.21 bits per heavy atom. The third-order valence-electron chi connectivity index (χ3n) is 4.46. The van der Waals surface area contributed by atoms with Crippen molar-refractivity contribution in [3.8, 4) is 5.75 Å². The highest BCUT2D eigenvalue weighted by Gasteiger charge is 2.30. The molecule has 2 atom stereocenters. The topological polar surface area (TPSA) is 87.1 Å². The van der Waals surface area contributed by atoms with Gasteiger partial charge in [0.25, 0.3) is 0 Å². The molecule has 1 fully saturated rings. The smallest absolute Gasteiger partial charge is 0.328 e. The first-order valence-corrected chi connectivity index (χ1v) is 9.53. The highest BCUT2D eigenvalue weighted by atomic mass is 35.5. The van der Waals surface area contributed by atoms with Gasteiger partial charge in [-0.05, 0) is 31.2 Å². The number of hydrogen-bond donors (Lipinski definition) is 2. The normalized spacial score (nSPS) is 19.2. The number of carbonyl (C=O) groups is 2. The Morgan fingerprint density at radius 1 is 1.03 bits per heavy atom. The number of carboxylic acids is 2. The number of likely N-dealkylation sites (tertiary alicyclic amines) is 1. The molecule has 1 aliphatic heterocycles. The summed E-state index contributed by atoms with van der Waals surface area (Å²) in [5, 5.41) is 16.3. The number of carboxylic acid groups (broad SMARTS) is 2. The zero-order valence-corrected chi connectivity index (χ0v) is 16.8. The van der Waals surface area contributed by atoms with Crippen molar-refractivity contribution < 1.29 is 24.5 Å². The minimum absolute atomic E-state index is 0.170. The summed E-state index contributed by atoms with van der Waals surface area (Å²) in [7, 11) is 2.17. The average molecular weight is 418 g/mol. The summed E-state index contributed by atoms with van der Waals surface area (Å²) in [5.41, 5.74) is 1.33. The molecule has 0 spiro atoms. The van der Waals surface area contributed by atoms with Gasteiger partial charge in [0.1, 0.15) is 11.9 Å². The maximum absolute atomic E-state index is 9.55. The van der Waals surface area contributed by atoms with E-state index in [1.165, 1.54) is 5.56 Å². The summed E-state index contributed by atoms with van der Waals surface area (Å²) in [5.74, 6) is -1.35. The number of nitrogens with zero attached hydrogens (tertiary/aromatic N) is 1. The van der Waals surface area contributed by atoms with Crippen molar-refractivity contribution >= 4 is 23.5 Å². The first-order chi connectivity index (χ1) is 13.9. The molecule has 1 saturated heterocycles. The summed E-state index contributed by atoms with van der Waals surface area (Å²) >= 11 is 6.23. The summed E-state index contributed by atoms with van der Waals surface area (Å²) in [6.07, 6.45) is 2.30. The molecular weight excluding hydrogens is 394 g/mol.